The number of aliphatic hydroxyl groups excluding tert-OH is 2. The van der Waals surface area contributed by atoms with Gasteiger partial charge in [0.05, 0.1) is 25.8 Å². The quantitative estimate of drug-likeness (QED) is 0.592. The van der Waals surface area contributed by atoms with E-state index in [1.165, 1.54) is 0 Å². The molecule has 4 nitrogen and oxygen atoms in total. The number of likely N-dealkylation sites (tertiary alicyclic amines) is 1. The first-order chi connectivity index (χ1) is 6.33. The molecule has 74 valence electrons. The van der Waals surface area contributed by atoms with Gasteiger partial charge in [0.2, 0.25) is 0 Å². The number of aliphatic hydroxyl groups is 2. The summed E-state index contributed by atoms with van der Waals surface area (Å²) in [6.45, 7) is 0.465. The molecule has 1 rings (SSSR count). The van der Waals surface area contributed by atoms with Crippen LogP contribution in [0.5, 0.6) is 0 Å². The summed E-state index contributed by atoms with van der Waals surface area (Å²) in [5, 5.41) is 26.7. The van der Waals surface area contributed by atoms with Crippen molar-refractivity contribution in [3.05, 3.63) is 0 Å². The Bertz CT molecular complexity index is 179. The molecule has 1 heterocycles. The largest absolute Gasteiger partial charge is 0.395 e. The topological polar surface area (TPSA) is 67.5 Å². The normalized spacial score (nSPS) is 29.9. The van der Waals surface area contributed by atoms with Crippen molar-refractivity contribution in [3.8, 4) is 6.07 Å². The molecule has 1 aliphatic rings. The Morgan fingerprint density at radius 2 is 1.77 bits per heavy atom. The summed E-state index contributed by atoms with van der Waals surface area (Å²) < 4.78 is 0. The SMILES string of the molecule is N#CCN1C(CO)CCCC1CO. The fourth-order valence-corrected chi connectivity index (χ4v) is 1.95. The van der Waals surface area contributed by atoms with Gasteiger partial charge in [-0.05, 0) is 12.8 Å². The second kappa shape index (κ2) is 5.18. The second-order valence-corrected chi connectivity index (χ2v) is 3.43. The fourth-order valence-electron chi connectivity index (χ4n) is 1.95. The van der Waals surface area contributed by atoms with Crippen LogP contribution in [0.2, 0.25) is 0 Å². The molecule has 1 fully saturated rings. The van der Waals surface area contributed by atoms with E-state index >= 15 is 0 Å². The molecule has 2 N–H and O–H groups in total. The lowest BCUT2D eigenvalue weighted by Gasteiger charge is -2.39. The number of nitriles is 1. The third-order valence-corrected chi connectivity index (χ3v) is 2.69. The predicted molar refractivity (Wildman–Crippen MR) is 47.9 cm³/mol. The van der Waals surface area contributed by atoms with E-state index in [0.717, 1.165) is 19.3 Å². The monoisotopic (exact) mass is 184 g/mol. The highest BCUT2D eigenvalue weighted by Crippen LogP contribution is 2.21. The van der Waals surface area contributed by atoms with Crippen LogP contribution in [-0.2, 0) is 0 Å². The molecule has 1 saturated heterocycles. The average molecular weight is 184 g/mol. The molecule has 0 aromatic carbocycles. The Morgan fingerprint density at radius 1 is 1.23 bits per heavy atom. The molecule has 2 unspecified atom stereocenters. The van der Waals surface area contributed by atoms with Crippen LogP contribution in [-0.4, -0.2) is 47.0 Å². The van der Waals surface area contributed by atoms with Crippen molar-refractivity contribution in [2.24, 2.45) is 0 Å². The zero-order valence-electron chi connectivity index (χ0n) is 7.69. The fraction of sp³-hybridized carbons (Fsp3) is 0.889. The van der Waals surface area contributed by atoms with Gasteiger partial charge in [-0.1, -0.05) is 6.42 Å². The van der Waals surface area contributed by atoms with Crippen LogP contribution >= 0.6 is 0 Å². The van der Waals surface area contributed by atoms with E-state index in [4.69, 9.17) is 15.5 Å². The smallest absolute Gasteiger partial charge is 0.0872 e. The first-order valence-electron chi connectivity index (χ1n) is 4.68. The van der Waals surface area contributed by atoms with Gasteiger partial charge in [0, 0.05) is 12.1 Å². The number of rotatable bonds is 3. The van der Waals surface area contributed by atoms with Crippen LogP contribution < -0.4 is 0 Å². The molecule has 0 spiro atoms. The Morgan fingerprint density at radius 3 is 2.15 bits per heavy atom. The maximum atomic E-state index is 9.07. The Labute approximate surface area is 78.4 Å². The summed E-state index contributed by atoms with van der Waals surface area (Å²) in [6, 6.07) is 2.19. The van der Waals surface area contributed by atoms with Crippen molar-refractivity contribution in [2.75, 3.05) is 19.8 Å². The van der Waals surface area contributed by atoms with E-state index in [2.05, 4.69) is 6.07 Å². The highest BCUT2D eigenvalue weighted by atomic mass is 16.3. The van der Waals surface area contributed by atoms with Crippen LogP contribution in [0.25, 0.3) is 0 Å². The highest BCUT2D eigenvalue weighted by molar-refractivity contribution is 4.89. The third-order valence-electron chi connectivity index (χ3n) is 2.69. The van der Waals surface area contributed by atoms with Gasteiger partial charge in [-0.15, -0.1) is 0 Å². The number of hydrogen-bond donors (Lipinski definition) is 2. The number of nitrogens with zero attached hydrogens (tertiary/aromatic N) is 2. The molecule has 0 saturated carbocycles. The minimum atomic E-state index is 0.0607. The average Bonchev–Trinajstić information content (AvgIpc) is 2.18. The lowest BCUT2D eigenvalue weighted by Crippen LogP contribution is -2.50. The Hall–Kier alpha value is -0.630. The molecule has 0 aromatic heterocycles. The van der Waals surface area contributed by atoms with Crippen LogP contribution in [0.4, 0.5) is 0 Å². The van der Waals surface area contributed by atoms with Crippen molar-refractivity contribution in [2.45, 2.75) is 31.3 Å². The van der Waals surface area contributed by atoms with E-state index < -0.39 is 0 Å². The van der Waals surface area contributed by atoms with Gasteiger partial charge in [0.15, 0.2) is 0 Å². The van der Waals surface area contributed by atoms with Gasteiger partial charge in [-0.2, -0.15) is 5.26 Å². The van der Waals surface area contributed by atoms with Gasteiger partial charge >= 0.3 is 0 Å². The van der Waals surface area contributed by atoms with Gasteiger partial charge in [-0.25, -0.2) is 0 Å². The van der Waals surface area contributed by atoms with Crippen molar-refractivity contribution < 1.29 is 10.2 Å². The molecule has 0 aromatic rings. The first-order valence-corrected chi connectivity index (χ1v) is 4.68. The van der Waals surface area contributed by atoms with Gasteiger partial charge < -0.3 is 10.2 Å². The summed E-state index contributed by atoms with van der Waals surface area (Å²) in [4.78, 5) is 1.91. The van der Waals surface area contributed by atoms with E-state index in [1.807, 2.05) is 4.90 Å². The predicted octanol–water partition coefficient (Wildman–Crippen LogP) is -0.282. The second-order valence-electron chi connectivity index (χ2n) is 3.43. The summed E-state index contributed by atoms with van der Waals surface area (Å²) in [5.74, 6) is 0. The van der Waals surface area contributed by atoms with Gasteiger partial charge in [0.1, 0.15) is 0 Å². The van der Waals surface area contributed by atoms with Gasteiger partial charge in [-0.3, -0.25) is 4.90 Å². The summed E-state index contributed by atoms with van der Waals surface area (Å²) in [6.07, 6.45) is 2.88. The molecular formula is C9H16N2O2. The third kappa shape index (κ3) is 2.41. The van der Waals surface area contributed by atoms with Crippen LogP contribution in [0, 0.1) is 11.3 Å². The van der Waals surface area contributed by atoms with Crippen molar-refractivity contribution >= 4 is 0 Å². The number of hydrogen-bond acceptors (Lipinski definition) is 4. The summed E-state index contributed by atoms with van der Waals surface area (Å²) in [7, 11) is 0. The zero-order chi connectivity index (χ0) is 9.68. The minimum Gasteiger partial charge on any atom is -0.395 e. The number of piperidine rings is 1. The van der Waals surface area contributed by atoms with Crippen LogP contribution in [0.15, 0.2) is 0 Å². The molecule has 0 bridgehead atoms. The first kappa shape index (κ1) is 10.5. The minimum absolute atomic E-state index is 0.0607. The molecule has 4 heteroatoms. The molecule has 2 atom stereocenters. The molecule has 0 amide bonds. The van der Waals surface area contributed by atoms with Crippen molar-refractivity contribution in [1.82, 2.24) is 4.90 Å². The maximum Gasteiger partial charge on any atom is 0.0872 e. The molecular weight excluding hydrogens is 168 g/mol. The van der Waals surface area contributed by atoms with Crippen molar-refractivity contribution in [1.29, 1.82) is 5.26 Å². The summed E-state index contributed by atoms with van der Waals surface area (Å²) >= 11 is 0. The Balaban J connectivity index is 2.59. The van der Waals surface area contributed by atoms with E-state index in [-0.39, 0.29) is 25.3 Å². The Kier molecular flexibility index (Phi) is 4.16. The standard InChI is InChI=1S/C9H16N2O2/c10-4-5-11-8(6-12)2-1-3-9(11)7-13/h8-9,12-13H,1-3,5-7H2. The molecule has 1 aliphatic heterocycles. The van der Waals surface area contributed by atoms with E-state index in [9.17, 15) is 0 Å². The lowest BCUT2D eigenvalue weighted by atomic mass is 9.96. The van der Waals surface area contributed by atoms with E-state index in [0.29, 0.717) is 6.54 Å². The maximum absolute atomic E-state index is 9.07. The summed E-state index contributed by atoms with van der Waals surface area (Å²) in [5.41, 5.74) is 0. The highest BCUT2D eigenvalue weighted by Gasteiger charge is 2.28. The van der Waals surface area contributed by atoms with Crippen LogP contribution in [0.1, 0.15) is 19.3 Å². The lowest BCUT2D eigenvalue weighted by molar-refractivity contribution is 0.0283. The van der Waals surface area contributed by atoms with Crippen molar-refractivity contribution in [3.63, 3.8) is 0 Å². The van der Waals surface area contributed by atoms with E-state index in [1.54, 1.807) is 0 Å². The van der Waals surface area contributed by atoms with Gasteiger partial charge in [0.25, 0.3) is 0 Å². The van der Waals surface area contributed by atoms with Crippen LogP contribution in [0.3, 0.4) is 0 Å². The molecule has 0 aliphatic carbocycles. The zero-order valence-corrected chi connectivity index (χ0v) is 7.69. The molecule has 0 radical (unpaired) electrons. The molecule has 13 heavy (non-hydrogen) atoms.